The third-order valence-electron chi connectivity index (χ3n) is 3.29. The first-order valence-corrected chi connectivity index (χ1v) is 7.32. The molecule has 0 atom stereocenters. The second kappa shape index (κ2) is 6.18. The smallest absolute Gasteiger partial charge is 0.256 e. The number of amides is 1. The lowest BCUT2D eigenvalue weighted by Gasteiger charge is -2.18. The van der Waals surface area contributed by atoms with Crippen molar-refractivity contribution >= 4 is 38.9 Å². The van der Waals surface area contributed by atoms with Crippen LogP contribution in [0.2, 0.25) is 0 Å². The molecule has 4 nitrogen and oxygen atoms in total. The van der Waals surface area contributed by atoms with Gasteiger partial charge in [-0.1, -0.05) is 28.1 Å². The normalized spacial score (nSPS) is 10.3. The topological polar surface area (TPSA) is 58.4 Å². The fraction of sp³-hybridized carbons (Fsp3) is 0.188. The summed E-state index contributed by atoms with van der Waals surface area (Å²) < 4.78 is 0.789. The molecule has 21 heavy (non-hydrogen) atoms. The van der Waals surface area contributed by atoms with Crippen LogP contribution in [0.15, 0.2) is 40.9 Å². The largest absolute Gasteiger partial charge is 0.398 e. The SMILES string of the molecule is Cc1c(N)cc(Br)cc1C(=O)Nc1ccccc1N(C)C. The standard InChI is InChI=1S/C16H18BrN3O/c1-10-12(8-11(17)9-13(10)18)16(21)19-14-6-4-5-7-15(14)20(2)3/h4-9H,18H2,1-3H3,(H,19,21). The summed E-state index contributed by atoms with van der Waals surface area (Å²) in [6, 6.07) is 11.2. The zero-order valence-electron chi connectivity index (χ0n) is 12.3. The highest BCUT2D eigenvalue weighted by Crippen LogP contribution is 2.27. The van der Waals surface area contributed by atoms with Crippen molar-refractivity contribution in [2.75, 3.05) is 30.0 Å². The number of nitrogen functional groups attached to an aromatic ring is 1. The van der Waals surface area contributed by atoms with Gasteiger partial charge in [0, 0.05) is 29.8 Å². The average Bonchev–Trinajstić information content (AvgIpc) is 2.43. The first kappa shape index (κ1) is 15.4. The average molecular weight is 348 g/mol. The highest BCUT2D eigenvalue weighted by Gasteiger charge is 2.14. The molecule has 2 aromatic rings. The Kier molecular flexibility index (Phi) is 4.53. The molecule has 0 aliphatic carbocycles. The Hall–Kier alpha value is -2.01. The van der Waals surface area contributed by atoms with Crippen molar-refractivity contribution in [2.45, 2.75) is 6.92 Å². The van der Waals surface area contributed by atoms with E-state index in [1.807, 2.05) is 50.2 Å². The Bertz CT molecular complexity index is 683. The molecule has 1 amide bonds. The van der Waals surface area contributed by atoms with E-state index in [1.165, 1.54) is 0 Å². The van der Waals surface area contributed by atoms with E-state index in [0.29, 0.717) is 11.3 Å². The van der Waals surface area contributed by atoms with Gasteiger partial charge in [-0.3, -0.25) is 4.79 Å². The van der Waals surface area contributed by atoms with Crippen LogP contribution in [0.25, 0.3) is 0 Å². The summed E-state index contributed by atoms with van der Waals surface area (Å²) in [5.41, 5.74) is 9.57. The summed E-state index contributed by atoms with van der Waals surface area (Å²) in [5.74, 6) is -0.171. The minimum Gasteiger partial charge on any atom is -0.398 e. The molecule has 5 heteroatoms. The van der Waals surface area contributed by atoms with Gasteiger partial charge in [0.1, 0.15) is 0 Å². The number of hydrogen-bond acceptors (Lipinski definition) is 3. The molecule has 0 spiro atoms. The van der Waals surface area contributed by atoms with Crippen LogP contribution < -0.4 is 16.0 Å². The van der Waals surface area contributed by atoms with Crippen molar-refractivity contribution in [3.63, 3.8) is 0 Å². The molecule has 0 fully saturated rings. The van der Waals surface area contributed by atoms with Gasteiger partial charge >= 0.3 is 0 Å². The minimum atomic E-state index is -0.171. The Morgan fingerprint density at radius 1 is 1.24 bits per heavy atom. The van der Waals surface area contributed by atoms with Gasteiger partial charge in [0.25, 0.3) is 5.91 Å². The summed E-state index contributed by atoms with van der Waals surface area (Å²) >= 11 is 3.37. The van der Waals surface area contributed by atoms with Crippen LogP contribution in [0.3, 0.4) is 0 Å². The van der Waals surface area contributed by atoms with Crippen LogP contribution in [0.1, 0.15) is 15.9 Å². The summed E-state index contributed by atoms with van der Waals surface area (Å²) in [7, 11) is 3.88. The fourth-order valence-electron chi connectivity index (χ4n) is 2.09. The lowest BCUT2D eigenvalue weighted by Crippen LogP contribution is -2.17. The zero-order chi connectivity index (χ0) is 15.6. The summed E-state index contributed by atoms with van der Waals surface area (Å²) in [4.78, 5) is 14.5. The molecule has 0 heterocycles. The first-order valence-electron chi connectivity index (χ1n) is 6.53. The van der Waals surface area contributed by atoms with E-state index in [9.17, 15) is 4.79 Å². The maximum Gasteiger partial charge on any atom is 0.256 e. The molecule has 0 radical (unpaired) electrons. The number of nitrogens with zero attached hydrogens (tertiary/aromatic N) is 1. The lowest BCUT2D eigenvalue weighted by molar-refractivity contribution is 0.102. The number of nitrogens with two attached hydrogens (primary N) is 1. The molecule has 0 unspecified atom stereocenters. The van der Waals surface area contributed by atoms with Gasteiger partial charge in [0.2, 0.25) is 0 Å². The fourth-order valence-corrected chi connectivity index (χ4v) is 2.57. The second-order valence-corrected chi connectivity index (χ2v) is 5.95. The van der Waals surface area contributed by atoms with Crippen molar-refractivity contribution in [3.8, 4) is 0 Å². The second-order valence-electron chi connectivity index (χ2n) is 5.03. The van der Waals surface area contributed by atoms with Gasteiger partial charge in [-0.25, -0.2) is 0 Å². The number of halogens is 1. The van der Waals surface area contributed by atoms with E-state index in [2.05, 4.69) is 21.2 Å². The molecule has 0 saturated carbocycles. The van der Waals surface area contributed by atoms with Crippen molar-refractivity contribution < 1.29 is 4.79 Å². The Balaban J connectivity index is 2.35. The lowest BCUT2D eigenvalue weighted by atomic mass is 10.1. The Labute approximate surface area is 133 Å². The van der Waals surface area contributed by atoms with Crippen LogP contribution in [0.5, 0.6) is 0 Å². The van der Waals surface area contributed by atoms with Gasteiger partial charge < -0.3 is 16.0 Å². The quantitative estimate of drug-likeness (QED) is 0.833. The van der Waals surface area contributed by atoms with Crippen LogP contribution in [0, 0.1) is 6.92 Å². The number of rotatable bonds is 3. The van der Waals surface area contributed by atoms with E-state index in [0.717, 1.165) is 21.4 Å². The molecule has 110 valence electrons. The summed E-state index contributed by atoms with van der Waals surface area (Å²) in [5, 5.41) is 2.95. The molecular formula is C16H18BrN3O. The van der Waals surface area contributed by atoms with E-state index >= 15 is 0 Å². The van der Waals surface area contributed by atoms with Gasteiger partial charge in [-0.2, -0.15) is 0 Å². The molecule has 0 aliphatic rings. The molecule has 0 saturated heterocycles. The third kappa shape index (κ3) is 3.36. The summed E-state index contributed by atoms with van der Waals surface area (Å²) in [6.07, 6.45) is 0. The number of nitrogens with one attached hydrogen (secondary N) is 1. The molecule has 2 aromatic carbocycles. The van der Waals surface area contributed by atoms with Crippen molar-refractivity contribution in [3.05, 3.63) is 52.0 Å². The molecular weight excluding hydrogens is 330 g/mol. The highest BCUT2D eigenvalue weighted by molar-refractivity contribution is 9.10. The van der Waals surface area contributed by atoms with Crippen LogP contribution in [0.4, 0.5) is 17.1 Å². The molecule has 0 aliphatic heterocycles. The molecule has 3 N–H and O–H groups in total. The third-order valence-corrected chi connectivity index (χ3v) is 3.75. The van der Waals surface area contributed by atoms with E-state index < -0.39 is 0 Å². The van der Waals surface area contributed by atoms with Crippen molar-refractivity contribution in [2.24, 2.45) is 0 Å². The Morgan fingerprint density at radius 3 is 2.57 bits per heavy atom. The van der Waals surface area contributed by atoms with Crippen LogP contribution >= 0.6 is 15.9 Å². The minimum absolute atomic E-state index is 0.171. The molecule has 0 bridgehead atoms. The first-order chi connectivity index (χ1) is 9.90. The number of para-hydroxylation sites is 2. The molecule has 0 aromatic heterocycles. The van der Waals surface area contributed by atoms with Gasteiger partial charge in [-0.05, 0) is 36.8 Å². The van der Waals surface area contributed by atoms with Crippen LogP contribution in [-0.4, -0.2) is 20.0 Å². The monoisotopic (exact) mass is 347 g/mol. The van der Waals surface area contributed by atoms with E-state index in [1.54, 1.807) is 12.1 Å². The number of benzene rings is 2. The van der Waals surface area contributed by atoms with Crippen LogP contribution in [-0.2, 0) is 0 Å². The van der Waals surface area contributed by atoms with Gasteiger partial charge in [0.15, 0.2) is 0 Å². The van der Waals surface area contributed by atoms with E-state index in [-0.39, 0.29) is 5.91 Å². The predicted molar refractivity (Wildman–Crippen MR) is 92.0 cm³/mol. The maximum atomic E-state index is 12.5. The predicted octanol–water partition coefficient (Wildman–Crippen LogP) is 3.66. The Morgan fingerprint density at radius 2 is 1.90 bits per heavy atom. The molecule has 2 rings (SSSR count). The number of hydrogen-bond donors (Lipinski definition) is 2. The maximum absolute atomic E-state index is 12.5. The van der Waals surface area contributed by atoms with Gasteiger partial charge in [0.05, 0.1) is 11.4 Å². The number of carbonyl (C=O) groups is 1. The number of carbonyl (C=O) groups excluding carboxylic acids is 1. The number of anilines is 3. The van der Waals surface area contributed by atoms with Gasteiger partial charge in [-0.15, -0.1) is 0 Å². The van der Waals surface area contributed by atoms with Crippen molar-refractivity contribution in [1.82, 2.24) is 0 Å². The highest BCUT2D eigenvalue weighted by atomic mass is 79.9. The van der Waals surface area contributed by atoms with Crippen molar-refractivity contribution in [1.29, 1.82) is 0 Å². The summed E-state index contributed by atoms with van der Waals surface area (Å²) in [6.45, 7) is 1.84. The van der Waals surface area contributed by atoms with E-state index in [4.69, 9.17) is 5.73 Å². The zero-order valence-corrected chi connectivity index (χ0v) is 13.9.